The van der Waals surface area contributed by atoms with Gasteiger partial charge in [-0.3, -0.25) is 9.67 Å². The van der Waals surface area contributed by atoms with Crippen LogP contribution >= 0.6 is 12.2 Å². The van der Waals surface area contributed by atoms with E-state index in [1.165, 1.54) is 18.5 Å². The fourth-order valence-corrected chi connectivity index (χ4v) is 3.82. The lowest BCUT2D eigenvalue weighted by molar-refractivity contribution is 0.949. The number of hydrogen-bond acceptors (Lipinski definition) is 4. The summed E-state index contributed by atoms with van der Waals surface area (Å²) in [6, 6.07) is 14.6. The fourth-order valence-electron chi connectivity index (χ4n) is 3.59. The molecule has 26 heavy (non-hydrogen) atoms. The minimum atomic E-state index is 0.591. The highest BCUT2D eigenvalue weighted by Crippen LogP contribution is 2.28. The molecule has 0 unspecified atom stereocenters. The first-order valence-electron chi connectivity index (χ1n) is 9.09. The maximum absolute atomic E-state index is 6.06. The van der Waals surface area contributed by atoms with E-state index >= 15 is 0 Å². The van der Waals surface area contributed by atoms with E-state index in [0.717, 1.165) is 47.8 Å². The number of aromatic nitrogens is 3. The molecule has 3 N–H and O–H groups in total. The standard InChI is InChI=1S/C20H23N5S/c1-2-14-12-15(8-9-18(14)21)19-22-23-20(26)25(19)17-7-5-6-16(13-17)24-10-3-4-11-24/h5-9,12-13H,2-4,10-11,21H2,1H3,(H,23,26). The first-order valence-corrected chi connectivity index (χ1v) is 9.50. The zero-order chi connectivity index (χ0) is 18.1. The van der Waals surface area contributed by atoms with Crippen molar-refractivity contribution in [2.24, 2.45) is 0 Å². The zero-order valence-electron chi connectivity index (χ0n) is 14.9. The van der Waals surface area contributed by atoms with Crippen molar-refractivity contribution in [1.82, 2.24) is 14.8 Å². The van der Waals surface area contributed by atoms with E-state index in [4.69, 9.17) is 18.0 Å². The molecule has 5 nitrogen and oxygen atoms in total. The molecule has 1 aromatic heterocycles. The van der Waals surface area contributed by atoms with Crippen LogP contribution in [0.2, 0.25) is 0 Å². The Hall–Kier alpha value is -2.60. The lowest BCUT2D eigenvalue weighted by atomic mass is 10.1. The minimum Gasteiger partial charge on any atom is -0.399 e. The highest BCUT2D eigenvalue weighted by Gasteiger charge is 2.15. The number of aromatic amines is 1. The number of anilines is 2. The molecule has 4 rings (SSSR count). The van der Waals surface area contributed by atoms with Crippen LogP contribution in [0.3, 0.4) is 0 Å². The van der Waals surface area contributed by atoms with Gasteiger partial charge in [0.1, 0.15) is 0 Å². The molecule has 3 aromatic rings. The van der Waals surface area contributed by atoms with Crippen LogP contribution in [0.1, 0.15) is 25.3 Å². The van der Waals surface area contributed by atoms with Gasteiger partial charge in [-0.1, -0.05) is 13.0 Å². The summed E-state index contributed by atoms with van der Waals surface area (Å²) in [5, 5.41) is 7.43. The lowest BCUT2D eigenvalue weighted by Gasteiger charge is -2.19. The van der Waals surface area contributed by atoms with E-state index in [1.54, 1.807) is 0 Å². The first-order chi connectivity index (χ1) is 12.7. The molecule has 6 heteroatoms. The number of nitrogens with two attached hydrogens (primary N) is 1. The van der Waals surface area contributed by atoms with E-state index in [2.05, 4.69) is 52.4 Å². The summed E-state index contributed by atoms with van der Waals surface area (Å²) < 4.78 is 2.59. The van der Waals surface area contributed by atoms with Gasteiger partial charge in [-0.25, -0.2) is 0 Å². The summed E-state index contributed by atoms with van der Waals surface area (Å²) in [4.78, 5) is 2.42. The van der Waals surface area contributed by atoms with Crippen LogP contribution < -0.4 is 10.6 Å². The molecule has 0 aliphatic carbocycles. The SMILES string of the molecule is CCc1cc(-c2n[nH]c(=S)n2-c2cccc(N3CCCC3)c2)ccc1N. The number of nitrogens with one attached hydrogen (secondary N) is 1. The van der Waals surface area contributed by atoms with E-state index < -0.39 is 0 Å². The number of nitrogens with zero attached hydrogens (tertiary/aromatic N) is 3. The van der Waals surface area contributed by atoms with Crippen molar-refractivity contribution in [3.8, 4) is 17.1 Å². The molecule has 0 spiro atoms. The van der Waals surface area contributed by atoms with Gasteiger partial charge >= 0.3 is 0 Å². The lowest BCUT2D eigenvalue weighted by Crippen LogP contribution is -2.17. The maximum Gasteiger partial charge on any atom is 0.200 e. The van der Waals surface area contributed by atoms with Crippen molar-refractivity contribution in [2.45, 2.75) is 26.2 Å². The van der Waals surface area contributed by atoms with Gasteiger partial charge < -0.3 is 10.6 Å². The summed E-state index contributed by atoms with van der Waals surface area (Å²) in [6.07, 6.45) is 3.40. The molecule has 0 radical (unpaired) electrons. The highest BCUT2D eigenvalue weighted by atomic mass is 32.1. The number of benzene rings is 2. The third-order valence-corrected chi connectivity index (χ3v) is 5.29. The zero-order valence-corrected chi connectivity index (χ0v) is 15.7. The summed E-state index contributed by atoms with van der Waals surface area (Å²) in [6.45, 7) is 4.34. The highest BCUT2D eigenvalue weighted by molar-refractivity contribution is 7.71. The second kappa shape index (κ2) is 6.96. The molecule has 1 fully saturated rings. The molecule has 1 aliphatic heterocycles. The van der Waals surface area contributed by atoms with Crippen LogP contribution in [-0.2, 0) is 6.42 Å². The molecule has 0 bridgehead atoms. The molecule has 134 valence electrons. The number of hydrogen-bond donors (Lipinski definition) is 2. The van der Waals surface area contributed by atoms with Gasteiger partial charge in [0.25, 0.3) is 0 Å². The quantitative estimate of drug-likeness (QED) is 0.533. The van der Waals surface area contributed by atoms with Gasteiger partial charge in [-0.2, -0.15) is 5.10 Å². The van der Waals surface area contributed by atoms with Crippen molar-refractivity contribution >= 4 is 23.6 Å². The first kappa shape index (κ1) is 16.8. The molecule has 2 aromatic carbocycles. The van der Waals surface area contributed by atoms with Crippen molar-refractivity contribution in [2.75, 3.05) is 23.7 Å². The Morgan fingerprint density at radius 2 is 1.88 bits per heavy atom. The van der Waals surface area contributed by atoms with Gasteiger partial charge in [0.05, 0.1) is 5.69 Å². The van der Waals surface area contributed by atoms with Crippen molar-refractivity contribution in [3.63, 3.8) is 0 Å². The predicted octanol–water partition coefficient (Wildman–Crippen LogP) is 4.34. The Morgan fingerprint density at radius 3 is 2.65 bits per heavy atom. The van der Waals surface area contributed by atoms with E-state index in [1.807, 2.05) is 16.7 Å². The smallest absolute Gasteiger partial charge is 0.200 e. The predicted molar refractivity (Wildman–Crippen MR) is 109 cm³/mol. The van der Waals surface area contributed by atoms with E-state index in [-0.39, 0.29) is 0 Å². The van der Waals surface area contributed by atoms with Gasteiger partial charge in [0, 0.05) is 30.0 Å². The molecular weight excluding hydrogens is 342 g/mol. The second-order valence-electron chi connectivity index (χ2n) is 6.67. The van der Waals surface area contributed by atoms with Crippen LogP contribution in [0.4, 0.5) is 11.4 Å². The van der Waals surface area contributed by atoms with Crippen molar-refractivity contribution < 1.29 is 0 Å². The second-order valence-corrected chi connectivity index (χ2v) is 7.06. The number of aryl methyl sites for hydroxylation is 1. The minimum absolute atomic E-state index is 0.591. The van der Waals surface area contributed by atoms with Gasteiger partial charge in [0.15, 0.2) is 10.6 Å². The van der Waals surface area contributed by atoms with E-state index in [9.17, 15) is 0 Å². The molecule has 0 amide bonds. The third kappa shape index (κ3) is 3.01. The molecule has 0 atom stereocenters. The Kier molecular flexibility index (Phi) is 4.51. The summed E-state index contributed by atoms with van der Waals surface area (Å²) in [7, 11) is 0. The van der Waals surface area contributed by atoms with Gasteiger partial charge in [0.2, 0.25) is 0 Å². The average Bonchev–Trinajstić information content (AvgIpc) is 3.32. The third-order valence-electron chi connectivity index (χ3n) is 5.01. The van der Waals surface area contributed by atoms with Crippen molar-refractivity contribution in [3.05, 3.63) is 52.8 Å². The van der Waals surface area contributed by atoms with Crippen LogP contribution in [0.25, 0.3) is 17.1 Å². The summed E-state index contributed by atoms with van der Waals surface area (Å²) in [5.74, 6) is 0.809. The van der Waals surface area contributed by atoms with Crippen LogP contribution in [-0.4, -0.2) is 27.9 Å². The van der Waals surface area contributed by atoms with Gasteiger partial charge in [-0.15, -0.1) is 0 Å². The molecule has 2 heterocycles. The molecular formula is C20H23N5S. The summed E-state index contributed by atoms with van der Waals surface area (Å²) in [5.41, 5.74) is 11.3. The van der Waals surface area contributed by atoms with Crippen LogP contribution in [0, 0.1) is 4.77 Å². The van der Waals surface area contributed by atoms with Crippen LogP contribution in [0.5, 0.6) is 0 Å². The average molecular weight is 366 g/mol. The fraction of sp³-hybridized carbons (Fsp3) is 0.300. The Bertz CT molecular complexity index is 982. The molecule has 1 aliphatic rings. The normalized spacial score (nSPS) is 14.1. The Labute approximate surface area is 158 Å². The number of H-pyrrole nitrogens is 1. The number of nitrogen functional groups attached to an aromatic ring is 1. The maximum atomic E-state index is 6.06. The van der Waals surface area contributed by atoms with E-state index in [0.29, 0.717) is 4.77 Å². The summed E-state index contributed by atoms with van der Waals surface area (Å²) >= 11 is 5.53. The Balaban J connectivity index is 1.80. The van der Waals surface area contributed by atoms with Crippen LogP contribution in [0.15, 0.2) is 42.5 Å². The molecule has 0 saturated carbocycles. The topological polar surface area (TPSA) is 62.9 Å². The monoisotopic (exact) mass is 365 g/mol. The Morgan fingerprint density at radius 1 is 1.12 bits per heavy atom. The van der Waals surface area contributed by atoms with Crippen molar-refractivity contribution in [1.29, 1.82) is 0 Å². The van der Waals surface area contributed by atoms with Gasteiger partial charge in [-0.05, 0) is 73.4 Å². The largest absolute Gasteiger partial charge is 0.399 e. The molecule has 1 saturated heterocycles. The number of rotatable bonds is 4.